The molecule has 1 aromatic heterocycles. The van der Waals surface area contributed by atoms with Gasteiger partial charge in [0.15, 0.2) is 0 Å². The second kappa shape index (κ2) is 5.89. The standard InChI is InChI=1S/C15H21N3O/c1-11-4-6-14(7-5-11)16-10-15-12(2)17-18(8-9-19)13(15)3/h4-7,16,19H,8-10H2,1-3H3. The van der Waals surface area contributed by atoms with E-state index in [0.29, 0.717) is 6.54 Å². The number of benzene rings is 1. The molecule has 0 aliphatic rings. The summed E-state index contributed by atoms with van der Waals surface area (Å²) in [5, 5.41) is 16.9. The van der Waals surface area contributed by atoms with Gasteiger partial charge in [0.2, 0.25) is 0 Å². The number of nitrogens with one attached hydrogen (secondary N) is 1. The van der Waals surface area contributed by atoms with Crippen LogP contribution in [-0.2, 0) is 13.1 Å². The Morgan fingerprint density at radius 3 is 2.47 bits per heavy atom. The Morgan fingerprint density at radius 2 is 1.84 bits per heavy atom. The maximum Gasteiger partial charge on any atom is 0.0646 e. The fourth-order valence-electron chi connectivity index (χ4n) is 2.16. The van der Waals surface area contributed by atoms with E-state index in [2.05, 4.69) is 41.6 Å². The van der Waals surface area contributed by atoms with E-state index in [-0.39, 0.29) is 6.61 Å². The highest BCUT2D eigenvalue weighted by atomic mass is 16.3. The summed E-state index contributed by atoms with van der Waals surface area (Å²) >= 11 is 0. The molecular weight excluding hydrogens is 238 g/mol. The summed E-state index contributed by atoms with van der Waals surface area (Å²) in [4.78, 5) is 0. The summed E-state index contributed by atoms with van der Waals surface area (Å²) in [5.41, 5.74) is 5.71. The first kappa shape index (κ1) is 13.6. The van der Waals surface area contributed by atoms with E-state index in [9.17, 15) is 0 Å². The Hall–Kier alpha value is -1.81. The largest absolute Gasteiger partial charge is 0.394 e. The maximum atomic E-state index is 9.00. The number of aliphatic hydroxyl groups is 1. The van der Waals surface area contributed by atoms with Gasteiger partial charge in [-0.2, -0.15) is 5.10 Å². The molecule has 2 aromatic rings. The quantitative estimate of drug-likeness (QED) is 0.867. The first-order valence-corrected chi connectivity index (χ1v) is 6.56. The van der Waals surface area contributed by atoms with Crippen molar-refractivity contribution in [3.63, 3.8) is 0 Å². The molecule has 19 heavy (non-hydrogen) atoms. The molecule has 4 nitrogen and oxygen atoms in total. The number of aryl methyl sites for hydroxylation is 2. The van der Waals surface area contributed by atoms with Crippen molar-refractivity contribution >= 4 is 5.69 Å². The molecule has 0 atom stereocenters. The number of aromatic nitrogens is 2. The summed E-state index contributed by atoms with van der Waals surface area (Å²) in [6.45, 7) is 7.56. The van der Waals surface area contributed by atoms with Crippen LogP contribution in [0.15, 0.2) is 24.3 Å². The number of aliphatic hydroxyl groups excluding tert-OH is 1. The van der Waals surface area contributed by atoms with E-state index < -0.39 is 0 Å². The van der Waals surface area contributed by atoms with Gasteiger partial charge in [-0.25, -0.2) is 0 Å². The Morgan fingerprint density at radius 1 is 1.16 bits per heavy atom. The monoisotopic (exact) mass is 259 g/mol. The Bertz CT molecular complexity index is 543. The third-order valence-electron chi connectivity index (χ3n) is 3.36. The number of rotatable bonds is 5. The van der Waals surface area contributed by atoms with Crippen LogP contribution in [-0.4, -0.2) is 21.5 Å². The van der Waals surface area contributed by atoms with E-state index in [4.69, 9.17) is 5.11 Å². The molecule has 2 rings (SSSR count). The molecule has 0 bridgehead atoms. The van der Waals surface area contributed by atoms with Gasteiger partial charge in [-0.15, -0.1) is 0 Å². The topological polar surface area (TPSA) is 50.1 Å². The minimum Gasteiger partial charge on any atom is -0.394 e. The number of anilines is 1. The molecule has 0 fully saturated rings. The molecular formula is C15H21N3O. The molecule has 0 saturated carbocycles. The van der Waals surface area contributed by atoms with Crippen LogP contribution in [0.25, 0.3) is 0 Å². The summed E-state index contributed by atoms with van der Waals surface area (Å²) in [6, 6.07) is 8.35. The fraction of sp³-hybridized carbons (Fsp3) is 0.400. The van der Waals surface area contributed by atoms with Gasteiger partial charge in [0.25, 0.3) is 0 Å². The van der Waals surface area contributed by atoms with E-state index in [1.54, 1.807) is 0 Å². The molecule has 0 amide bonds. The van der Waals surface area contributed by atoms with Gasteiger partial charge in [-0.05, 0) is 32.9 Å². The molecule has 102 valence electrons. The highest BCUT2D eigenvalue weighted by Gasteiger charge is 2.10. The molecule has 0 radical (unpaired) electrons. The lowest BCUT2D eigenvalue weighted by molar-refractivity contribution is 0.268. The predicted molar refractivity (Wildman–Crippen MR) is 77.3 cm³/mol. The normalized spacial score (nSPS) is 10.7. The van der Waals surface area contributed by atoms with Crippen molar-refractivity contribution in [3.8, 4) is 0 Å². The van der Waals surface area contributed by atoms with Crippen LogP contribution < -0.4 is 5.32 Å². The second-order valence-corrected chi connectivity index (χ2v) is 4.82. The van der Waals surface area contributed by atoms with E-state index in [0.717, 1.165) is 23.6 Å². The molecule has 1 heterocycles. The molecule has 4 heteroatoms. The predicted octanol–water partition coefficient (Wildman–Crippen LogP) is 2.41. The van der Waals surface area contributed by atoms with Crippen molar-refractivity contribution in [1.82, 2.24) is 9.78 Å². The van der Waals surface area contributed by atoms with Crippen LogP contribution in [0.3, 0.4) is 0 Å². The van der Waals surface area contributed by atoms with E-state index >= 15 is 0 Å². The SMILES string of the molecule is Cc1ccc(NCc2c(C)nn(CCO)c2C)cc1. The first-order chi connectivity index (χ1) is 9.11. The third kappa shape index (κ3) is 3.15. The summed E-state index contributed by atoms with van der Waals surface area (Å²) in [5.74, 6) is 0. The minimum absolute atomic E-state index is 0.118. The van der Waals surface area contributed by atoms with Crippen LogP contribution >= 0.6 is 0 Å². The van der Waals surface area contributed by atoms with Crippen LogP contribution in [0.2, 0.25) is 0 Å². The fourth-order valence-corrected chi connectivity index (χ4v) is 2.16. The van der Waals surface area contributed by atoms with Gasteiger partial charge in [-0.1, -0.05) is 17.7 Å². The molecule has 2 N–H and O–H groups in total. The second-order valence-electron chi connectivity index (χ2n) is 4.82. The highest BCUT2D eigenvalue weighted by Crippen LogP contribution is 2.16. The zero-order chi connectivity index (χ0) is 13.8. The Kier molecular flexibility index (Phi) is 4.22. The number of hydrogen-bond donors (Lipinski definition) is 2. The van der Waals surface area contributed by atoms with Gasteiger partial charge in [-0.3, -0.25) is 4.68 Å². The molecule has 1 aromatic carbocycles. The number of hydrogen-bond acceptors (Lipinski definition) is 3. The van der Waals surface area contributed by atoms with Gasteiger partial charge < -0.3 is 10.4 Å². The molecule has 0 aliphatic carbocycles. The van der Waals surface area contributed by atoms with Crippen LogP contribution in [0.5, 0.6) is 0 Å². The van der Waals surface area contributed by atoms with Crippen molar-refractivity contribution in [1.29, 1.82) is 0 Å². The molecule has 0 saturated heterocycles. The summed E-state index contributed by atoms with van der Waals surface area (Å²) in [6.07, 6.45) is 0. The number of nitrogens with zero attached hydrogens (tertiary/aromatic N) is 2. The molecule has 0 spiro atoms. The molecule has 0 unspecified atom stereocenters. The Balaban J connectivity index is 2.09. The third-order valence-corrected chi connectivity index (χ3v) is 3.36. The lowest BCUT2D eigenvalue weighted by Crippen LogP contribution is -2.07. The van der Waals surface area contributed by atoms with Gasteiger partial charge in [0.05, 0.1) is 18.8 Å². The van der Waals surface area contributed by atoms with Crippen molar-refractivity contribution < 1.29 is 5.11 Å². The van der Waals surface area contributed by atoms with Crippen molar-refractivity contribution in [2.45, 2.75) is 33.9 Å². The summed E-state index contributed by atoms with van der Waals surface area (Å²) < 4.78 is 1.86. The van der Waals surface area contributed by atoms with Gasteiger partial charge >= 0.3 is 0 Å². The average Bonchev–Trinajstić information content (AvgIpc) is 2.65. The van der Waals surface area contributed by atoms with Gasteiger partial charge in [0, 0.05) is 23.5 Å². The zero-order valence-corrected chi connectivity index (χ0v) is 11.8. The smallest absolute Gasteiger partial charge is 0.0646 e. The van der Waals surface area contributed by atoms with Crippen LogP contribution in [0.4, 0.5) is 5.69 Å². The highest BCUT2D eigenvalue weighted by molar-refractivity contribution is 5.45. The van der Waals surface area contributed by atoms with Crippen LogP contribution in [0.1, 0.15) is 22.5 Å². The minimum atomic E-state index is 0.118. The lowest BCUT2D eigenvalue weighted by atomic mass is 10.2. The average molecular weight is 259 g/mol. The molecule has 0 aliphatic heterocycles. The van der Waals surface area contributed by atoms with E-state index in [1.165, 1.54) is 11.1 Å². The van der Waals surface area contributed by atoms with Crippen molar-refractivity contribution in [2.75, 3.05) is 11.9 Å². The van der Waals surface area contributed by atoms with E-state index in [1.807, 2.05) is 18.5 Å². The van der Waals surface area contributed by atoms with Crippen LogP contribution in [0, 0.1) is 20.8 Å². The lowest BCUT2D eigenvalue weighted by Gasteiger charge is -2.08. The maximum absolute atomic E-state index is 9.00. The van der Waals surface area contributed by atoms with Crippen molar-refractivity contribution in [3.05, 3.63) is 46.8 Å². The Labute approximate surface area is 114 Å². The van der Waals surface area contributed by atoms with Gasteiger partial charge in [0.1, 0.15) is 0 Å². The zero-order valence-electron chi connectivity index (χ0n) is 11.8. The van der Waals surface area contributed by atoms with Crippen molar-refractivity contribution in [2.24, 2.45) is 0 Å². The first-order valence-electron chi connectivity index (χ1n) is 6.56. The summed E-state index contributed by atoms with van der Waals surface area (Å²) in [7, 11) is 0.